The monoisotopic (exact) mass is 187 g/mol. The van der Waals surface area contributed by atoms with Gasteiger partial charge in [0.15, 0.2) is 0 Å². The predicted octanol–water partition coefficient (Wildman–Crippen LogP) is 0.298. The first-order valence-corrected chi connectivity index (χ1v) is 4.68. The first kappa shape index (κ1) is 10.2. The molecule has 0 heterocycles. The molecule has 0 atom stereocenters. The summed E-state index contributed by atoms with van der Waals surface area (Å²) < 4.78 is 0. The van der Waals surface area contributed by atoms with Crippen LogP contribution in [0.1, 0.15) is 0 Å². The van der Waals surface area contributed by atoms with Crippen LogP contribution in [0, 0.1) is 0 Å². The summed E-state index contributed by atoms with van der Waals surface area (Å²) in [5, 5.41) is 5.11. The minimum absolute atomic E-state index is 0. The molecule has 2 N–H and O–H groups in total. The molecule has 1 nitrogen and oxygen atoms in total. The smallest absolute Gasteiger partial charge is 0.405 e. The Morgan fingerprint density at radius 2 is 1.60 bits per heavy atom. The second kappa shape index (κ2) is 3.70. The van der Waals surface area contributed by atoms with Crippen LogP contribution in [0.2, 0.25) is 0 Å². The van der Waals surface area contributed by atoms with Gasteiger partial charge in [-0.2, -0.15) is 0 Å². The van der Waals surface area contributed by atoms with E-state index in [1.54, 1.807) is 0 Å². The van der Waals surface area contributed by atoms with Crippen LogP contribution in [0.4, 0.5) is 5.69 Å². The van der Waals surface area contributed by atoms with Crippen molar-refractivity contribution < 1.29 is 18.9 Å². The van der Waals surface area contributed by atoms with E-state index >= 15 is 0 Å². The van der Waals surface area contributed by atoms with Crippen LogP contribution >= 0.6 is 0 Å². The number of hydrogen-bond donors (Lipinski definition) is 1. The second-order valence-electron chi connectivity index (χ2n) is 3.58. The second-order valence-corrected chi connectivity index (χ2v) is 3.58. The summed E-state index contributed by atoms with van der Waals surface area (Å²) >= 11 is 0. The van der Waals surface area contributed by atoms with E-state index in [2.05, 4.69) is 36.4 Å². The molecule has 0 saturated heterocycles. The van der Waals surface area contributed by atoms with Crippen LogP contribution in [0.15, 0.2) is 48.5 Å². The molecule has 0 bridgehead atoms. The largest absolute Gasteiger partial charge is 1.00 e. The summed E-state index contributed by atoms with van der Waals surface area (Å²) in [5.41, 5.74) is 6.57. The number of hydrogen-bond acceptors (Lipinski definition) is 1. The minimum Gasteiger partial charge on any atom is -0.405 e. The van der Waals surface area contributed by atoms with Crippen molar-refractivity contribution in [3.8, 4) is 0 Å². The Bertz CT molecular complexity index is 610. The molecule has 0 saturated carbocycles. The SMILES string of the molecule is Nc1ccc2c(c1)[cH-]c1ccccc12.[Li+]. The molecular weight excluding hydrogens is 177 g/mol. The molecule has 0 fully saturated rings. The Morgan fingerprint density at radius 1 is 0.867 bits per heavy atom. The van der Waals surface area contributed by atoms with Crippen molar-refractivity contribution in [2.24, 2.45) is 0 Å². The summed E-state index contributed by atoms with van der Waals surface area (Å²) in [6.07, 6.45) is 0. The van der Waals surface area contributed by atoms with Crippen molar-refractivity contribution in [2.75, 3.05) is 5.73 Å². The van der Waals surface area contributed by atoms with Gasteiger partial charge in [-0.15, -0.1) is 33.7 Å². The van der Waals surface area contributed by atoms with E-state index in [-0.39, 0.29) is 18.9 Å². The van der Waals surface area contributed by atoms with E-state index in [0.29, 0.717) is 0 Å². The fraction of sp³-hybridized carbons (Fsp3) is 0. The number of anilines is 1. The van der Waals surface area contributed by atoms with E-state index < -0.39 is 0 Å². The van der Waals surface area contributed by atoms with E-state index in [1.165, 1.54) is 21.5 Å². The van der Waals surface area contributed by atoms with Crippen molar-refractivity contribution in [1.82, 2.24) is 0 Å². The molecule has 0 aromatic heterocycles. The van der Waals surface area contributed by atoms with Gasteiger partial charge in [0.2, 0.25) is 0 Å². The van der Waals surface area contributed by atoms with Crippen LogP contribution in [-0.2, 0) is 0 Å². The first-order chi connectivity index (χ1) is 6.84. The third-order valence-corrected chi connectivity index (χ3v) is 2.64. The van der Waals surface area contributed by atoms with Gasteiger partial charge in [0.1, 0.15) is 0 Å². The van der Waals surface area contributed by atoms with Crippen molar-refractivity contribution >= 4 is 27.2 Å². The topological polar surface area (TPSA) is 26.0 Å². The van der Waals surface area contributed by atoms with Gasteiger partial charge in [0.05, 0.1) is 0 Å². The molecule has 3 rings (SSSR count). The average Bonchev–Trinajstić information content (AvgIpc) is 2.54. The van der Waals surface area contributed by atoms with E-state index in [0.717, 1.165) is 5.69 Å². The van der Waals surface area contributed by atoms with Gasteiger partial charge in [0.25, 0.3) is 0 Å². The Balaban J connectivity index is 0.000000853. The Hall–Kier alpha value is -1.29. The van der Waals surface area contributed by atoms with Gasteiger partial charge < -0.3 is 5.73 Å². The van der Waals surface area contributed by atoms with Crippen LogP contribution in [0.5, 0.6) is 0 Å². The zero-order valence-corrected chi connectivity index (χ0v) is 8.70. The minimum atomic E-state index is 0. The van der Waals surface area contributed by atoms with Gasteiger partial charge >= 0.3 is 18.9 Å². The van der Waals surface area contributed by atoms with Crippen molar-refractivity contribution in [2.45, 2.75) is 0 Å². The van der Waals surface area contributed by atoms with Crippen LogP contribution in [0.25, 0.3) is 21.5 Å². The van der Waals surface area contributed by atoms with Gasteiger partial charge in [0, 0.05) is 0 Å². The van der Waals surface area contributed by atoms with Gasteiger partial charge in [-0.25, -0.2) is 0 Å². The molecule has 68 valence electrons. The number of rotatable bonds is 0. The maximum absolute atomic E-state index is 5.75. The van der Waals surface area contributed by atoms with Gasteiger partial charge in [-0.3, -0.25) is 0 Å². The van der Waals surface area contributed by atoms with Gasteiger partial charge in [-0.05, 0) is 5.69 Å². The molecular formula is C13H10LiN. The molecule has 3 aromatic rings. The zero-order chi connectivity index (χ0) is 9.54. The molecule has 0 radical (unpaired) electrons. The Morgan fingerprint density at radius 3 is 2.47 bits per heavy atom. The maximum atomic E-state index is 5.75. The van der Waals surface area contributed by atoms with E-state index in [9.17, 15) is 0 Å². The summed E-state index contributed by atoms with van der Waals surface area (Å²) in [6.45, 7) is 0. The molecule has 0 aliphatic heterocycles. The fourth-order valence-electron chi connectivity index (χ4n) is 1.98. The zero-order valence-electron chi connectivity index (χ0n) is 8.70. The molecule has 0 aliphatic rings. The molecule has 15 heavy (non-hydrogen) atoms. The standard InChI is InChI=1S/C13H10N.Li/c14-11-5-6-13-10(8-11)7-9-3-1-2-4-12(9)13;/h1-8H,14H2;/q-1;+1. The van der Waals surface area contributed by atoms with E-state index in [4.69, 9.17) is 5.73 Å². The number of fused-ring (bicyclic) bond motifs is 3. The van der Waals surface area contributed by atoms with Crippen molar-refractivity contribution in [3.05, 3.63) is 48.5 Å². The van der Waals surface area contributed by atoms with Crippen molar-refractivity contribution in [3.63, 3.8) is 0 Å². The first-order valence-electron chi connectivity index (χ1n) is 4.68. The number of nitrogen functional groups attached to an aromatic ring is 1. The molecule has 0 unspecified atom stereocenters. The molecule has 2 heteroatoms. The Kier molecular flexibility index (Phi) is 2.52. The fourth-order valence-corrected chi connectivity index (χ4v) is 1.98. The summed E-state index contributed by atoms with van der Waals surface area (Å²) in [5.74, 6) is 0. The molecule has 0 amide bonds. The van der Waals surface area contributed by atoms with Gasteiger partial charge in [-0.1, -0.05) is 36.4 Å². The normalized spacial score (nSPS) is 10.4. The third-order valence-electron chi connectivity index (χ3n) is 2.64. The quantitative estimate of drug-likeness (QED) is 0.306. The Labute approximate surface area is 100 Å². The maximum Gasteiger partial charge on any atom is 1.00 e. The summed E-state index contributed by atoms with van der Waals surface area (Å²) in [6, 6.07) is 16.7. The predicted molar refractivity (Wildman–Crippen MR) is 61.5 cm³/mol. The summed E-state index contributed by atoms with van der Waals surface area (Å²) in [4.78, 5) is 0. The van der Waals surface area contributed by atoms with Crippen molar-refractivity contribution in [1.29, 1.82) is 0 Å². The average molecular weight is 187 g/mol. The van der Waals surface area contributed by atoms with E-state index in [1.807, 2.05) is 12.1 Å². The van der Waals surface area contributed by atoms with Crippen LogP contribution in [-0.4, -0.2) is 0 Å². The van der Waals surface area contributed by atoms with Crippen LogP contribution in [0.3, 0.4) is 0 Å². The summed E-state index contributed by atoms with van der Waals surface area (Å²) in [7, 11) is 0. The third kappa shape index (κ3) is 1.55. The number of benzene rings is 2. The van der Waals surface area contributed by atoms with Crippen LogP contribution < -0.4 is 24.6 Å². The molecule has 0 spiro atoms. The number of nitrogens with two attached hydrogens (primary N) is 1. The molecule has 3 aromatic carbocycles. The molecule has 0 aliphatic carbocycles.